The standard InChI is InChI=1S/C16H19N3O/c1-3-13(14-7-5-4-6-8-14)10-19-16(20)15-11-17-12(2)9-18-15/h4-9,11,13H,3,10H2,1-2H3,(H,19,20). The quantitative estimate of drug-likeness (QED) is 0.908. The highest BCUT2D eigenvalue weighted by atomic mass is 16.1. The Morgan fingerprint density at radius 2 is 1.95 bits per heavy atom. The fraction of sp³-hybridized carbons (Fsp3) is 0.312. The zero-order valence-corrected chi connectivity index (χ0v) is 11.8. The third-order valence-electron chi connectivity index (χ3n) is 3.29. The van der Waals surface area contributed by atoms with Crippen LogP contribution >= 0.6 is 0 Å². The van der Waals surface area contributed by atoms with Crippen LogP contribution in [0.15, 0.2) is 42.7 Å². The molecule has 1 aromatic carbocycles. The number of carbonyl (C=O) groups excluding carboxylic acids is 1. The molecule has 0 radical (unpaired) electrons. The van der Waals surface area contributed by atoms with Crippen LogP contribution in [0.25, 0.3) is 0 Å². The number of rotatable bonds is 5. The monoisotopic (exact) mass is 269 g/mol. The summed E-state index contributed by atoms with van der Waals surface area (Å²) < 4.78 is 0. The molecule has 1 atom stereocenters. The van der Waals surface area contributed by atoms with Crippen LogP contribution in [0.4, 0.5) is 0 Å². The first-order valence-electron chi connectivity index (χ1n) is 6.82. The minimum Gasteiger partial charge on any atom is -0.350 e. The van der Waals surface area contributed by atoms with Crippen LogP contribution in [0.1, 0.15) is 41.0 Å². The van der Waals surface area contributed by atoms with E-state index in [4.69, 9.17) is 0 Å². The lowest BCUT2D eigenvalue weighted by Gasteiger charge is -2.16. The van der Waals surface area contributed by atoms with Gasteiger partial charge in [-0.15, -0.1) is 0 Å². The van der Waals surface area contributed by atoms with Crippen molar-refractivity contribution < 1.29 is 4.79 Å². The van der Waals surface area contributed by atoms with Gasteiger partial charge in [0, 0.05) is 18.7 Å². The fourth-order valence-electron chi connectivity index (χ4n) is 2.04. The Kier molecular flexibility index (Phi) is 4.82. The van der Waals surface area contributed by atoms with Gasteiger partial charge in [0.25, 0.3) is 5.91 Å². The highest BCUT2D eigenvalue weighted by Gasteiger charge is 2.12. The summed E-state index contributed by atoms with van der Waals surface area (Å²) in [4.78, 5) is 20.2. The van der Waals surface area contributed by atoms with Gasteiger partial charge in [0.2, 0.25) is 0 Å². The van der Waals surface area contributed by atoms with Gasteiger partial charge in [-0.3, -0.25) is 9.78 Å². The Hall–Kier alpha value is -2.23. The summed E-state index contributed by atoms with van der Waals surface area (Å²) >= 11 is 0. The average molecular weight is 269 g/mol. The maximum atomic E-state index is 12.0. The summed E-state index contributed by atoms with van der Waals surface area (Å²) in [5.74, 6) is 0.144. The van der Waals surface area contributed by atoms with Gasteiger partial charge in [-0.1, -0.05) is 37.3 Å². The van der Waals surface area contributed by atoms with Crippen LogP contribution in [0.2, 0.25) is 0 Å². The van der Waals surface area contributed by atoms with Gasteiger partial charge in [0.1, 0.15) is 5.69 Å². The van der Waals surface area contributed by atoms with Crippen LogP contribution in [-0.2, 0) is 0 Å². The second-order valence-corrected chi connectivity index (χ2v) is 4.77. The van der Waals surface area contributed by atoms with Crippen molar-refractivity contribution >= 4 is 5.91 Å². The molecule has 4 heteroatoms. The summed E-state index contributed by atoms with van der Waals surface area (Å²) in [6.45, 7) is 4.57. The van der Waals surface area contributed by atoms with Crippen molar-refractivity contribution in [2.24, 2.45) is 0 Å². The molecule has 0 aliphatic rings. The molecule has 20 heavy (non-hydrogen) atoms. The number of benzene rings is 1. The molecule has 1 amide bonds. The SMILES string of the molecule is CCC(CNC(=O)c1cnc(C)cn1)c1ccccc1. The van der Waals surface area contributed by atoms with E-state index in [0.29, 0.717) is 18.2 Å². The smallest absolute Gasteiger partial charge is 0.271 e. The lowest BCUT2D eigenvalue weighted by atomic mass is 9.96. The fourth-order valence-corrected chi connectivity index (χ4v) is 2.04. The summed E-state index contributed by atoms with van der Waals surface area (Å²) in [5, 5.41) is 2.93. The van der Waals surface area contributed by atoms with E-state index in [0.717, 1.165) is 12.1 Å². The van der Waals surface area contributed by atoms with Crippen LogP contribution in [0, 0.1) is 6.92 Å². The first-order valence-corrected chi connectivity index (χ1v) is 6.82. The number of hydrogen-bond acceptors (Lipinski definition) is 3. The number of hydrogen-bond donors (Lipinski definition) is 1. The molecule has 1 heterocycles. The molecule has 104 valence electrons. The maximum Gasteiger partial charge on any atom is 0.271 e. The molecule has 0 saturated carbocycles. The van der Waals surface area contributed by atoms with Gasteiger partial charge in [-0.25, -0.2) is 4.98 Å². The minimum absolute atomic E-state index is 0.174. The van der Waals surface area contributed by atoms with Crippen molar-refractivity contribution in [1.82, 2.24) is 15.3 Å². The Balaban J connectivity index is 1.96. The molecule has 0 spiro atoms. The largest absolute Gasteiger partial charge is 0.350 e. The molecular weight excluding hydrogens is 250 g/mol. The second-order valence-electron chi connectivity index (χ2n) is 4.77. The van der Waals surface area contributed by atoms with Gasteiger partial charge in [0.05, 0.1) is 11.9 Å². The van der Waals surface area contributed by atoms with Crippen molar-refractivity contribution in [3.8, 4) is 0 Å². The number of aromatic nitrogens is 2. The van der Waals surface area contributed by atoms with Gasteiger partial charge < -0.3 is 5.32 Å². The Labute approximate surface area is 119 Å². The van der Waals surface area contributed by atoms with Crippen molar-refractivity contribution in [1.29, 1.82) is 0 Å². The average Bonchev–Trinajstić information content (AvgIpc) is 2.49. The van der Waals surface area contributed by atoms with Crippen LogP contribution in [-0.4, -0.2) is 22.4 Å². The van der Waals surface area contributed by atoms with Crippen LogP contribution < -0.4 is 5.32 Å². The molecule has 2 rings (SSSR count). The molecule has 2 aromatic rings. The van der Waals surface area contributed by atoms with E-state index in [1.54, 1.807) is 6.20 Å². The third kappa shape index (κ3) is 3.63. The predicted molar refractivity (Wildman–Crippen MR) is 78.6 cm³/mol. The van der Waals surface area contributed by atoms with Crippen LogP contribution in [0.3, 0.4) is 0 Å². The summed E-state index contributed by atoms with van der Waals surface area (Å²) in [6.07, 6.45) is 4.08. The van der Waals surface area contributed by atoms with E-state index in [1.807, 2.05) is 25.1 Å². The molecule has 0 aliphatic heterocycles. The molecule has 0 fully saturated rings. The zero-order valence-electron chi connectivity index (χ0n) is 11.8. The molecule has 1 aromatic heterocycles. The van der Waals surface area contributed by atoms with Gasteiger partial charge in [-0.2, -0.15) is 0 Å². The lowest BCUT2D eigenvalue weighted by Crippen LogP contribution is -2.29. The summed E-state index contributed by atoms with van der Waals surface area (Å²) in [7, 11) is 0. The van der Waals surface area contributed by atoms with E-state index >= 15 is 0 Å². The highest BCUT2D eigenvalue weighted by molar-refractivity contribution is 5.91. The molecule has 4 nitrogen and oxygen atoms in total. The van der Waals surface area contributed by atoms with E-state index < -0.39 is 0 Å². The number of carbonyl (C=O) groups is 1. The molecule has 1 N–H and O–H groups in total. The number of amides is 1. The van der Waals surface area contributed by atoms with Gasteiger partial charge >= 0.3 is 0 Å². The molecular formula is C16H19N3O. The van der Waals surface area contributed by atoms with Crippen LogP contribution in [0.5, 0.6) is 0 Å². The Morgan fingerprint density at radius 1 is 1.20 bits per heavy atom. The minimum atomic E-state index is -0.174. The molecule has 0 saturated heterocycles. The topological polar surface area (TPSA) is 54.9 Å². The Bertz CT molecular complexity index is 552. The predicted octanol–water partition coefficient (Wildman–Crippen LogP) is 2.71. The maximum absolute atomic E-state index is 12.0. The van der Waals surface area contributed by atoms with E-state index in [9.17, 15) is 4.79 Å². The second kappa shape index (κ2) is 6.80. The molecule has 0 aliphatic carbocycles. The van der Waals surface area contributed by atoms with E-state index in [2.05, 4.69) is 34.3 Å². The van der Waals surface area contributed by atoms with E-state index in [-0.39, 0.29) is 5.91 Å². The van der Waals surface area contributed by atoms with Gasteiger partial charge in [0.15, 0.2) is 0 Å². The lowest BCUT2D eigenvalue weighted by molar-refractivity contribution is 0.0945. The number of nitrogens with zero attached hydrogens (tertiary/aromatic N) is 2. The van der Waals surface area contributed by atoms with Crippen molar-refractivity contribution in [2.45, 2.75) is 26.2 Å². The first-order chi connectivity index (χ1) is 9.70. The number of aryl methyl sites for hydroxylation is 1. The number of nitrogens with one attached hydrogen (secondary N) is 1. The third-order valence-corrected chi connectivity index (χ3v) is 3.29. The first kappa shape index (κ1) is 14.2. The van der Waals surface area contributed by atoms with Crippen molar-refractivity contribution in [3.63, 3.8) is 0 Å². The summed E-state index contributed by atoms with van der Waals surface area (Å²) in [6, 6.07) is 10.2. The Morgan fingerprint density at radius 3 is 2.55 bits per heavy atom. The molecule has 1 unspecified atom stereocenters. The normalized spacial score (nSPS) is 11.9. The zero-order chi connectivity index (χ0) is 14.4. The highest BCUT2D eigenvalue weighted by Crippen LogP contribution is 2.17. The molecule has 0 bridgehead atoms. The van der Waals surface area contributed by atoms with Crippen molar-refractivity contribution in [3.05, 3.63) is 59.7 Å². The van der Waals surface area contributed by atoms with Gasteiger partial charge in [-0.05, 0) is 18.9 Å². The van der Waals surface area contributed by atoms with E-state index in [1.165, 1.54) is 11.8 Å². The summed E-state index contributed by atoms with van der Waals surface area (Å²) in [5.41, 5.74) is 2.40. The van der Waals surface area contributed by atoms with Crippen molar-refractivity contribution in [2.75, 3.05) is 6.54 Å².